The van der Waals surface area contributed by atoms with E-state index in [0.29, 0.717) is 0 Å². The van der Waals surface area contributed by atoms with E-state index in [0.717, 1.165) is 6.54 Å². The topological polar surface area (TPSA) is 46.2 Å². The standard InChI is InChI=1S/C10H23N.C3H8O/c1-2-3-4-5-6-7-8-9-10-11;1-3(2)4/h2-11H2,1H3;3-4H,1-2H3. The van der Waals surface area contributed by atoms with E-state index < -0.39 is 0 Å². The van der Waals surface area contributed by atoms with Crippen molar-refractivity contribution in [2.24, 2.45) is 5.73 Å². The van der Waals surface area contributed by atoms with Gasteiger partial charge in [0, 0.05) is 6.10 Å². The van der Waals surface area contributed by atoms with Crippen LogP contribution in [0.1, 0.15) is 72.1 Å². The SMILES string of the molecule is CC(C)O.CCCCCCCCCCN. The van der Waals surface area contributed by atoms with Crippen molar-refractivity contribution >= 4 is 0 Å². The van der Waals surface area contributed by atoms with Crippen LogP contribution in [0.5, 0.6) is 0 Å². The van der Waals surface area contributed by atoms with Gasteiger partial charge in [0.2, 0.25) is 0 Å². The van der Waals surface area contributed by atoms with E-state index in [1.807, 2.05) is 0 Å². The lowest BCUT2D eigenvalue weighted by Crippen LogP contribution is -1.97. The number of aliphatic hydroxyl groups is 1. The Morgan fingerprint density at radius 3 is 1.53 bits per heavy atom. The van der Waals surface area contributed by atoms with Crippen molar-refractivity contribution < 1.29 is 5.11 Å². The van der Waals surface area contributed by atoms with E-state index in [1.165, 1.54) is 51.4 Å². The highest BCUT2D eigenvalue weighted by atomic mass is 16.3. The maximum absolute atomic E-state index is 8.06. The van der Waals surface area contributed by atoms with Crippen molar-refractivity contribution in [1.82, 2.24) is 0 Å². The normalized spacial score (nSPS) is 10.0. The number of rotatable bonds is 8. The summed E-state index contributed by atoms with van der Waals surface area (Å²) in [7, 11) is 0. The van der Waals surface area contributed by atoms with Gasteiger partial charge in [-0.2, -0.15) is 0 Å². The predicted octanol–water partition coefficient (Wildman–Crippen LogP) is 3.47. The van der Waals surface area contributed by atoms with Crippen molar-refractivity contribution in [3.63, 3.8) is 0 Å². The minimum Gasteiger partial charge on any atom is -0.394 e. The van der Waals surface area contributed by atoms with Crippen LogP contribution >= 0.6 is 0 Å². The molecule has 0 heterocycles. The summed E-state index contributed by atoms with van der Waals surface area (Å²) in [5, 5.41) is 8.06. The van der Waals surface area contributed by atoms with Crippen LogP contribution in [0.3, 0.4) is 0 Å². The van der Waals surface area contributed by atoms with Crippen LogP contribution in [-0.2, 0) is 0 Å². The van der Waals surface area contributed by atoms with Crippen LogP contribution in [0.15, 0.2) is 0 Å². The van der Waals surface area contributed by atoms with Crippen molar-refractivity contribution in [3.8, 4) is 0 Å². The first-order valence-electron chi connectivity index (χ1n) is 6.53. The molecule has 0 atom stereocenters. The summed E-state index contributed by atoms with van der Waals surface area (Å²) in [5.41, 5.74) is 5.39. The average Bonchev–Trinajstić information content (AvgIpc) is 2.16. The molecule has 0 aliphatic rings. The quantitative estimate of drug-likeness (QED) is 0.611. The van der Waals surface area contributed by atoms with E-state index in [4.69, 9.17) is 10.8 Å². The second-order valence-electron chi connectivity index (χ2n) is 4.36. The number of aliphatic hydroxyl groups excluding tert-OH is 1. The summed E-state index contributed by atoms with van der Waals surface area (Å²) in [6.07, 6.45) is 10.8. The second kappa shape index (κ2) is 16.4. The molecule has 0 rings (SSSR count). The number of nitrogens with two attached hydrogens (primary N) is 1. The van der Waals surface area contributed by atoms with E-state index >= 15 is 0 Å². The monoisotopic (exact) mass is 217 g/mol. The molecule has 3 N–H and O–H groups in total. The number of hydrogen-bond acceptors (Lipinski definition) is 2. The van der Waals surface area contributed by atoms with Gasteiger partial charge in [-0.25, -0.2) is 0 Å². The minimum absolute atomic E-state index is 0.167. The molecule has 0 bridgehead atoms. The lowest BCUT2D eigenvalue weighted by molar-refractivity contribution is 0.216. The highest BCUT2D eigenvalue weighted by Gasteiger charge is 1.89. The molecule has 0 amide bonds. The molecule has 0 spiro atoms. The molecular formula is C13H31NO. The molecule has 2 heteroatoms. The summed E-state index contributed by atoms with van der Waals surface area (Å²) >= 11 is 0. The summed E-state index contributed by atoms with van der Waals surface area (Å²) in [6.45, 7) is 6.57. The first kappa shape index (κ1) is 17.3. The van der Waals surface area contributed by atoms with E-state index in [1.54, 1.807) is 13.8 Å². The first-order valence-corrected chi connectivity index (χ1v) is 6.53. The van der Waals surface area contributed by atoms with Crippen molar-refractivity contribution in [2.75, 3.05) is 6.54 Å². The third kappa shape index (κ3) is 31.5. The molecule has 0 unspecified atom stereocenters. The first-order chi connectivity index (χ1) is 7.15. The average molecular weight is 217 g/mol. The smallest absolute Gasteiger partial charge is 0.0483 e. The summed E-state index contributed by atoms with van der Waals surface area (Å²) < 4.78 is 0. The van der Waals surface area contributed by atoms with Crippen molar-refractivity contribution in [3.05, 3.63) is 0 Å². The maximum atomic E-state index is 8.06. The lowest BCUT2D eigenvalue weighted by Gasteiger charge is -1.99. The van der Waals surface area contributed by atoms with Gasteiger partial charge in [0.25, 0.3) is 0 Å². The van der Waals surface area contributed by atoms with Gasteiger partial charge in [-0.15, -0.1) is 0 Å². The fourth-order valence-electron chi connectivity index (χ4n) is 1.28. The summed E-state index contributed by atoms with van der Waals surface area (Å²) in [5.74, 6) is 0. The molecule has 0 saturated carbocycles. The Hall–Kier alpha value is -0.0800. The Balaban J connectivity index is 0. The zero-order chi connectivity index (χ0) is 11.9. The van der Waals surface area contributed by atoms with Gasteiger partial charge in [-0.1, -0.05) is 51.9 Å². The van der Waals surface area contributed by atoms with Gasteiger partial charge in [-0.05, 0) is 26.8 Å². The van der Waals surface area contributed by atoms with E-state index in [9.17, 15) is 0 Å². The van der Waals surface area contributed by atoms with Crippen LogP contribution in [-0.4, -0.2) is 17.8 Å². The third-order valence-corrected chi connectivity index (χ3v) is 2.06. The van der Waals surface area contributed by atoms with Gasteiger partial charge in [-0.3, -0.25) is 0 Å². The second-order valence-corrected chi connectivity index (χ2v) is 4.36. The zero-order valence-electron chi connectivity index (χ0n) is 11.0. The highest BCUT2D eigenvalue weighted by Crippen LogP contribution is 2.07. The zero-order valence-corrected chi connectivity index (χ0v) is 11.0. The third-order valence-electron chi connectivity index (χ3n) is 2.06. The minimum atomic E-state index is -0.167. The van der Waals surface area contributed by atoms with Gasteiger partial charge < -0.3 is 10.8 Å². The van der Waals surface area contributed by atoms with Gasteiger partial charge in [0.05, 0.1) is 0 Å². The van der Waals surface area contributed by atoms with E-state index in [2.05, 4.69) is 6.92 Å². The van der Waals surface area contributed by atoms with Crippen molar-refractivity contribution in [1.29, 1.82) is 0 Å². The molecule has 0 aliphatic heterocycles. The molecule has 0 aromatic heterocycles. The Labute approximate surface area is 96.3 Å². The molecule has 0 aromatic carbocycles. The molecular weight excluding hydrogens is 186 g/mol. The van der Waals surface area contributed by atoms with Gasteiger partial charge in [0.1, 0.15) is 0 Å². The Bertz CT molecular complexity index is 83.8. The van der Waals surface area contributed by atoms with Crippen LogP contribution < -0.4 is 5.73 Å². The molecule has 0 aromatic rings. The highest BCUT2D eigenvalue weighted by molar-refractivity contribution is 4.45. The van der Waals surface area contributed by atoms with Crippen LogP contribution in [0, 0.1) is 0 Å². The molecule has 0 radical (unpaired) electrons. The summed E-state index contributed by atoms with van der Waals surface area (Å²) in [4.78, 5) is 0. The Morgan fingerprint density at radius 2 is 1.20 bits per heavy atom. The molecule has 0 saturated heterocycles. The maximum Gasteiger partial charge on any atom is 0.0483 e. The number of unbranched alkanes of at least 4 members (excludes halogenated alkanes) is 7. The van der Waals surface area contributed by atoms with Crippen LogP contribution in [0.4, 0.5) is 0 Å². The Morgan fingerprint density at radius 1 is 0.867 bits per heavy atom. The fraction of sp³-hybridized carbons (Fsp3) is 1.00. The molecule has 15 heavy (non-hydrogen) atoms. The van der Waals surface area contributed by atoms with Crippen LogP contribution in [0.2, 0.25) is 0 Å². The number of hydrogen-bond donors (Lipinski definition) is 2. The summed E-state index contributed by atoms with van der Waals surface area (Å²) in [6, 6.07) is 0. The molecule has 0 aliphatic carbocycles. The van der Waals surface area contributed by atoms with Crippen molar-refractivity contribution in [2.45, 2.75) is 78.2 Å². The van der Waals surface area contributed by atoms with Gasteiger partial charge >= 0.3 is 0 Å². The van der Waals surface area contributed by atoms with E-state index in [-0.39, 0.29) is 6.10 Å². The molecule has 94 valence electrons. The predicted molar refractivity (Wildman–Crippen MR) is 69.0 cm³/mol. The van der Waals surface area contributed by atoms with Crippen LogP contribution in [0.25, 0.3) is 0 Å². The Kier molecular flexibility index (Phi) is 18.9. The fourth-order valence-corrected chi connectivity index (χ4v) is 1.28. The largest absolute Gasteiger partial charge is 0.394 e. The molecule has 0 fully saturated rings. The van der Waals surface area contributed by atoms with Gasteiger partial charge in [0.15, 0.2) is 0 Å². The lowest BCUT2D eigenvalue weighted by atomic mass is 10.1. The molecule has 2 nitrogen and oxygen atoms in total.